The predicted octanol–water partition coefficient (Wildman–Crippen LogP) is 4.44. The lowest BCUT2D eigenvalue weighted by atomic mass is 10.1. The second-order valence-electron chi connectivity index (χ2n) is 8.65. The number of fused-ring (bicyclic) bond motifs is 1. The summed E-state index contributed by atoms with van der Waals surface area (Å²) in [5.41, 5.74) is 12.1. The lowest BCUT2D eigenvalue weighted by Gasteiger charge is -2.30. The van der Waals surface area contributed by atoms with Crippen LogP contribution in [0, 0.1) is 18.3 Å². The molecule has 5 rings (SSSR count). The van der Waals surface area contributed by atoms with Crippen molar-refractivity contribution >= 4 is 16.9 Å². The number of nitrogens with zero attached hydrogens (tertiary/aromatic N) is 4. The minimum Gasteiger partial charge on any atom is -0.337 e. The maximum atomic E-state index is 13.1. The number of carbonyl (C=O) groups is 1. The molecule has 164 valence electrons. The third-order valence-electron chi connectivity index (χ3n) is 6.21. The third kappa shape index (κ3) is 3.99. The minimum atomic E-state index is -0.00291. The zero-order chi connectivity index (χ0) is 22.9. The second kappa shape index (κ2) is 8.53. The van der Waals surface area contributed by atoms with Crippen LogP contribution in [0.15, 0.2) is 66.7 Å². The Morgan fingerprint density at radius 2 is 1.85 bits per heavy atom. The molecule has 6 heteroatoms. The van der Waals surface area contributed by atoms with Crippen molar-refractivity contribution in [2.24, 2.45) is 5.73 Å². The number of imidazole rings is 1. The Morgan fingerprint density at radius 3 is 2.55 bits per heavy atom. The molecule has 33 heavy (non-hydrogen) atoms. The normalized spacial score (nSPS) is 16.0. The largest absolute Gasteiger partial charge is 0.337 e. The fraction of sp³-hybridized carbons (Fsp3) is 0.222. The number of piperidine rings is 1. The fourth-order valence-electron chi connectivity index (χ4n) is 4.43. The molecule has 1 atom stereocenters. The molecule has 0 saturated carbocycles. The summed E-state index contributed by atoms with van der Waals surface area (Å²) in [7, 11) is 0. The predicted molar refractivity (Wildman–Crippen MR) is 129 cm³/mol. The van der Waals surface area contributed by atoms with Crippen LogP contribution in [0.1, 0.15) is 34.3 Å². The van der Waals surface area contributed by atoms with Crippen LogP contribution in [-0.2, 0) is 0 Å². The van der Waals surface area contributed by atoms with E-state index in [9.17, 15) is 4.79 Å². The number of nitrogens with two attached hydrogens (primary N) is 1. The van der Waals surface area contributed by atoms with Crippen LogP contribution in [0.3, 0.4) is 0 Å². The number of aromatic nitrogens is 2. The summed E-state index contributed by atoms with van der Waals surface area (Å²) in [6.45, 7) is 3.38. The number of rotatable bonds is 3. The molecule has 0 bridgehead atoms. The van der Waals surface area contributed by atoms with Gasteiger partial charge in [0.15, 0.2) is 0 Å². The van der Waals surface area contributed by atoms with E-state index in [1.165, 1.54) is 5.56 Å². The van der Waals surface area contributed by atoms with E-state index >= 15 is 0 Å². The zero-order valence-corrected chi connectivity index (χ0v) is 18.5. The highest BCUT2D eigenvalue weighted by atomic mass is 16.2. The van der Waals surface area contributed by atoms with Crippen molar-refractivity contribution in [2.75, 3.05) is 13.1 Å². The van der Waals surface area contributed by atoms with Crippen LogP contribution in [0.4, 0.5) is 0 Å². The number of aryl methyl sites for hydroxylation is 1. The van der Waals surface area contributed by atoms with E-state index in [-0.39, 0.29) is 11.9 Å². The van der Waals surface area contributed by atoms with Crippen molar-refractivity contribution in [3.63, 3.8) is 0 Å². The van der Waals surface area contributed by atoms with Gasteiger partial charge in [-0.3, -0.25) is 9.36 Å². The highest BCUT2D eigenvalue weighted by molar-refractivity contribution is 5.98. The lowest BCUT2D eigenvalue weighted by Crippen LogP contribution is -2.45. The molecule has 1 fully saturated rings. The van der Waals surface area contributed by atoms with Crippen LogP contribution < -0.4 is 5.73 Å². The minimum absolute atomic E-state index is 0.00291. The van der Waals surface area contributed by atoms with Gasteiger partial charge >= 0.3 is 0 Å². The maximum Gasteiger partial charge on any atom is 0.253 e. The van der Waals surface area contributed by atoms with Gasteiger partial charge in [-0.15, -0.1) is 0 Å². The van der Waals surface area contributed by atoms with E-state index in [1.54, 1.807) is 12.1 Å². The summed E-state index contributed by atoms with van der Waals surface area (Å²) < 4.78 is 2.10. The first-order valence-electron chi connectivity index (χ1n) is 11.2. The molecule has 2 heterocycles. The van der Waals surface area contributed by atoms with E-state index in [0.717, 1.165) is 47.5 Å². The Labute approximate surface area is 192 Å². The maximum absolute atomic E-state index is 13.1. The van der Waals surface area contributed by atoms with Crippen LogP contribution in [0.5, 0.6) is 0 Å². The Kier molecular flexibility index (Phi) is 5.41. The smallest absolute Gasteiger partial charge is 0.253 e. The SMILES string of the molecule is Cc1ccc(-n2c(-c3ccc(C#N)cc3)nc3cc(C(=O)N4CCCC(N)C4)ccc32)cc1. The number of amides is 1. The van der Waals surface area contributed by atoms with Crippen molar-refractivity contribution in [1.29, 1.82) is 5.26 Å². The van der Waals surface area contributed by atoms with Crippen molar-refractivity contribution in [3.8, 4) is 23.1 Å². The van der Waals surface area contributed by atoms with E-state index in [0.29, 0.717) is 17.7 Å². The summed E-state index contributed by atoms with van der Waals surface area (Å²) in [6, 6.07) is 23.6. The Balaban J connectivity index is 1.63. The molecule has 1 aliphatic rings. The molecule has 6 nitrogen and oxygen atoms in total. The molecular weight excluding hydrogens is 410 g/mol. The van der Waals surface area contributed by atoms with Gasteiger partial charge in [-0.05, 0) is 74.4 Å². The number of carbonyl (C=O) groups excluding carboxylic acids is 1. The summed E-state index contributed by atoms with van der Waals surface area (Å²) in [4.78, 5) is 19.9. The van der Waals surface area contributed by atoms with Gasteiger partial charge in [0.05, 0.1) is 22.7 Å². The van der Waals surface area contributed by atoms with Gasteiger partial charge in [0.1, 0.15) is 5.82 Å². The van der Waals surface area contributed by atoms with Crippen LogP contribution >= 0.6 is 0 Å². The van der Waals surface area contributed by atoms with Crippen molar-refractivity contribution in [3.05, 3.63) is 83.4 Å². The van der Waals surface area contributed by atoms with Crippen molar-refractivity contribution in [2.45, 2.75) is 25.8 Å². The Morgan fingerprint density at radius 1 is 1.09 bits per heavy atom. The Bertz CT molecular complexity index is 1360. The molecule has 1 saturated heterocycles. The quantitative estimate of drug-likeness (QED) is 0.515. The number of hydrogen-bond donors (Lipinski definition) is 1. The first-order valence-corrected chi connectivity index (χ1v) is 11.2. The number of likely N-dealkylation sites (tertiary alicyclic amines) is 1. The molecule has 4 aromatic rings. The molecule has 3 aromatic carbocycles. The van der Waals surface area contributed by atoms with Gasteiger partial charge in [-0.1, -0.05) is 17.7 Å². The van der Waals surface area contributed by atoms with Gasteiger partial charge in [0.25, 0.3) is 5.91 Å². The van der Waals surface area contributed by atoms with E-state index in [4.69, 9.17) is 16.0 Å². The summed E-state index contributed by atoms with van der Waals surface area (Å²) in [5, 5.41) is 9.16. The second-order valence-corrected chi connectivity index (χ2v) is 8.65. The summed E-state index contributed by atoms with van der Waals surface area (Å²) >= 11 is 0. The van der Waals surface area contributed by atoms with Crippen molar-refractivity contribution < 1.29 is 4.79 Å². The van der Waals surface area contributed by atoms with Crippen molar-refractivity contribution in [1.82, 2.24) is 14.5 Å². The molecule has 0 aliphatic carbocycles. The van der Waals surface area contributed by atoms with Gasteiger partial charge in [0.2, 0.25) is 0 Å². The third-order valence-corrected chi connectivity index (χ3v) is 6.21. The number of hydrogen-bond acceptors (Lipinski definition) is 4. The lowest BCUT2D eigenvalue weighted by molar-refractivity contribution is 0.0709. The van der Waals surface area contributed by atoms with Gasteiger partial charge < -0.3 is 10.6 Å². The van der Waals surface area contributed by atoms with E-state index < -0.39 is 0 Å². The van der Waals surface area contributed by atoms with Crippen LogP contribution in [-0.4, -0.2) is 39.5 Å². The standard InChI is InChI=1S/C27H25N5O/c1-18-4-11-23(12-5-18)32-25-13-10-21(27(33)31-14-2-3-22(29)17-31)15-24(25)30-26(32)20-8-6-19(16-28)7-9-20/h4-13,15,22H,2-3,14,17,29H2,1H3. The van der Waals surface area contributed by atoms with Gasteiger partial charge in [-0.25, -0.2) is 4.98 Å². The van der Waals surface area contributed by atoms with E-state index in [1.807, 2.05) is 35.2 Å². The highest BCUT2D eigenvalue weighted by Crippen LogP contribution is 2.30. The summed E-state index contributed by atoms with van der Waals surface area (Å²) in [6.07, 6.45) is 1.89. The van der Waals surface area contributed by atoms with E-state index in [2.05, 4.69) is 41.8 Å². The van der Waals surface area contributed by atoms with Crippen LogP contribution in [0.2, 0.25) is 0 Å². The van der Waals surface area contributed by atoms with Gasteiger partial charge in [0, 0.05) is 35.9 Å². The van der Waals surface area contributed by atoms with Gasteiger partial charge in [-0.2, -0.15) is 5.26 Å². The summed E-state index contributed by atoms with van der Waals surface area (Å²) in [5.74, 6) is 0.764. The molecule has 1 unspecified atom stereocenters. The molecule has 2 N–H and O–H groups in total. The Hall–Kier alpha value is -3.95. The first kappa shape index (κ1) is 20.9. The fourth-order valence-corrected chi connectivity index (χ4v) is 4.43. The monoisotopic (exact) mass is 435 g/mol. The molecule has 0 radical (unpaired) electrons. The molecule has 0 spiro atoms. The molecule has 1 aliphatic heterocycles. The molecule has 1 amide bonds. The number of nitriles is 1. The average molecular weight is 436 g/mol. The van der Waals surface area contributed by atoms with Crippen LogP contribution in [0.25, 0.3) is 28.1 Å². The highest BCUT2D eigenvalue weighted by Gasteiger charge is 2.23. The topological polar surface area (TPSA) is 87.9 Å². The first-order chi connectivity index (χ1) is 16.0. The zero-order valence-electron chi connectivity index (χ0n) is 18.5. The number of benzene rings is 3. The molecule has 1 aromatic heterocycles. The average Bonchev–Trinajstić information content (AvgIpc) is 3.23. The molecular formula is C27H25N5O.